The number of imidazole rings is 1. The fourth-order valence-electron chi connectivity index (χ4n) is 4.54. The van der Waals surface area contributed by atoms with E-state index in [9.17, 15) is 4.39 Å². The van der Waals surface area contributed by atoms with E-state index < -0.39 is 5.82 Å². The molecule has 1 aliphatic heterocycles. The summed E-state index contributed by atoms with van der Waals surface area (Å²) in [5, 5.41) is 6.92. The fourth-order valence-corrected chi connectivity index (χ4v) is 5.06. The third kappa shape index (κ3) is 4.49. The van der Waals surface area contributed by atoms with Gasteiger partial charge in [0, 0.05) is 17.7 Å². The summed E-state index contributed by atoms with van der Waals surface area (Å²) < 4.78 is 22.3. The monoisotopic (exact) mass is 478 g/mol. The Balaban J connectivity index is 1.54. The quantitative estimate of drug-likeness (QED) is 0.460. The fraction of sp³-hybridized carbons (Fsp3) is 0.500. The molecule has 0 spiro atoms. The van der Waals surface area contributed by atoms with E-state index >= 15 is 0 Å². The van der Waals surface area contributed by atoms with Crippen LogP contribution in [0.3, 0.4) is 0 Å². The average molecular weight is 479 g/mol. The van der Waals surface area contributed by atoms with Crippen molar-refractivity contribution in [3.63, 3.8) is 0 Å². The summed E-state index contributed by atoms with van der Waals surface area (Å²) in [6.45, 7) is 1.44. The van der Waals surface area contributed by atoms with E-state index in [1.165, 1.54) is 18.6 Å². The Morgan fingerprint density at radius 2 is 1.91 bits per heavy atom. The number of aromatic nitrogens is 4. The maximum atomic E-state index is 14.6. The first-order chi connectivity index (χ1) is 15.6. The van der Waals surface area contributed by atoms with Crippen molar-refractivity contribution in [1.82, 2.24) is 19.5 Å². The van der Waals surface area contributed by atoms with Crippen LogP contribution < -0.4 is 10.6 Å². The minimum Gasteiger partial charge on any atom is -0.379 e. The van der Waals surface area contributed by atoms with Gasteiger partial charge in [-0.25, -0.2) is 14.4 Å². The molecule has 0 amide bonds. The molecule has 1 aliphatic carbocycles. The van der Waals surface area contributed by atoms with Gasteiger partial charge in [-0.2, -0.15) is 4.98 Å². The van der Waals surface area contributed by atoms with Crippen LogP contribution in [0.25, 0.3) is 11.2 Å². The van der Waals surface area contributed by atoms with Crippen LogP contribution in [0.4, 0.5) is 22.0 Å². The van der Waals surface area contributed by atoms with Gasteiger partial charge in [-0.1, -0.05) is 42.5 Å². The predicted octanol–water partition coefficient (Wildman–Crippen LogP) is 6.11. The highest BCUT2D eigenvalue weighted by Gasteiger charge is 2.25. The van der Waals surface area contributed by atoms with Crippen LogP contribution in [0.5, 0.6) is 0 Å². The lowest BCUT2D eigenvalue weighted by Gasteiger charge is -2.26. The molecule has 3 aromatic rings. The van der Waals surface area contributed by atoms with Crippen molar-refractivity contribution < 1.29 is 9.13 Å². The molecule has 1 aromatic carbocycles. The topological polar surface area (TPSA) is 76.9 Å². The molecule has 2 fully saturated rings. The van der Waals surface area contributed by atoms with E-state index in [1.54, 1.807) is 6.20 Å². The summed E-state index contributed by atoms with van der Waals surface area (Å²) in [6.07, 6.45) is 9.25. The first-order valence-electron chi connectivity index (χ1n) is 11.1. The predicted molar refractivity (Wildman–Crippen MR) is 125 cm³/mol. The van der Waals surface area contributed by atoms with Crippen LogP contribution in [0, 0.1) is 5.82 Å². The Bertz CT molecular complexity index is 1090. The number of fused-ring (bicyclic) bond motifs is 1. The first-order valence-corrected chi connectivity index (χ1v) is 11.8. The maximum absolute atomic E-state index is 14.6. The number of hydrogen-bond donors (Lipinski definition) is 2. The van der Waals surface area contributed by atoms with Gasteiger partial charge in [-0.3, -0.25) is 4.57 Å². The van der Waals surface area contributed by atoms with Crippen LogP contribution in [0.1, 0.15) is 51.0 Å². The van der Waals surface area contributed by atoms with Crippen molar-refractivity contribution in [3.8, 4) is 0 Å². The van der Waals surface area contributed by atoms with Gasteiger partial charge < -0.3 is 15.4 Å². The number of halogens is 3. The summed E-state index contributed by atoms with van der Waals surface area (Å²) in [6, 6.07) is 3.14. The Hall–Kier alpha value is -2.16. The molecule has 10 heteroatoms. The van der Waals surface area contributed by atoms with Crippen molar-refractivity contribution in [3.05, 3.63) is 34.2 Å². The molecule has 2 aliphatic rings. The van der Waals surface area contributed by atoms with E-state index in [-0.39, 0.29) is 27.8 Å². The third-order valence-corrected chi connectivity index (χ3v) is 6.63. The summed E-state index contributed by atoms with van der Waals surface area (Å²) in [4.78, 5) is 13.9. The Morgan fingerprint density at radius 3 is 2.66 bits per heavy atom. The molecule has 0 unspecified atom stereocenters. The number of rotatable bonds is 5. The molecule has 1 saturated heterocycles. The molecule has 3 heterocycles. The number of anilines is 3. The van der Waals surface area contributed by atoms with Crippen molar-refractivity contribution in [2.45, 2.75) is 57.0 Å². The highest BCUT2D eigenvalue weighted by atomic mass is 35.5. The van der Waals surface area contributed by atoms with E-state index in [0.717, 1.165) is 50.8 Å². The Morgan fingerprint density at radius 1 is 1.06 bits per heavy atom. The molecule has 170 valence electrons. The minimum absolute atomic E-state index is 0.147. The van der Waals surface area contributed by atoms with Gasteiger partial charge in [0.05, 0.1) is 29.6 Å². The molecule has 0 bridgehead atoms. The SMILES string of the molecule is Fc1cc(Cl)cc(Cl)c1Nc1nc2cnc(N[C@@H]3CCCOC3)nc2n1C1CCCCC1. The summed E-state index contributed by atoms with van der Waals surface area (Å²) >= 11 is 12.2. The zero-order valence-electron chi connectivity index (χ0n) is 17.6. The second kappa shape index (κ2) is 9.37. The smallest absolute Gasteiger partial charge is 0.225 e. The Kier molecular flexibility index (Phi) is 6.35. The standard InChI is InChI=1S/C22H25Cl2FN6O/c23-13-9-16(24)19(17(25)10-13)29-22-28-18-11-26-21(27-14-5-4-8-32-12-14)30-20(18)31(22)15-6-2-1-3-7-15/h9-11,14-15H,1-8,12H2,(H,28,29)(H,26,27,30)/t14-/m1/s1. The lowest BCUT2D eigenvalue weighted by molar-refractivity contribution is 0.0874. The van der Waals surface area contributed by atoms with E-state index in [0.29, 0.717) is 24.0 Å². The maximum Gasteiger partial charge on any atom is 0.225 e. The van der Waals surface area contributed by atoms with Gasteiger partial charge in [0.1, 0.15) is 11.3 Å². The minimum atomic E-state index is -0.532. The van der Waals surface area contributed by atoms with Crippen molar-refractivity contribution in [2.24, 2.45) is 0 Å². The molecule has 2 N–H and O–H groups in total. The number of ether oxygens (including phenoxy) is 1. The van der Waals surface area contributed by atoms with Gasteiger partial charge in [-0.15, -0.1) is 0 Å². The van der Waals surface area contributed by atoms with E-state index in [4.69, 9.17) is 37.9 Å². The second-order valence-electron chi connectivity index (χ2n) is 8.43. The van der Waals surface area contributed by atoms with Crippen molar-refractivity contribution in [1.29, 1.82) is 0 Å². The first kappa shape index (κ1) is 21.7. The lowest BCUT2D eigenvalue weighted by Crippen LogP contribution is -2.30. The van der Waals surface area contributed by atoms with Gasteiger partial charge in [-0.05, 0) is 37.8 Å². The summed E-state index contributed by atoms with van der Waals surface area (Å²) in [7, 11) is 0. The van der Waals surface area contributed by atoms with Gasteiger partial charge in [0.15, 0.2) is 5.65 Å². The largest absolute Gasteiger partial charge is 0.379 e. The molecule has 0 radical (unpaired) electrons. The molecule has 1 saturated carbocycles. The zero-order chi connectivity index (χ0) is 22.1. The molecule has 5 rings (SSSR count). The highest BCUT2D eigenvalue weighted by Crippen LogP contribution is 2.37. The number of nitrogens with zero attached hydrogens (tertiary/aromatic N) is 4. The summed E-state index contributed by atoms with van der Waals surface area (Å²) in [5.41, 5.74) is 1.52. The molecular formula is C22H25Cl2FN6O. The third-order valence-electron chi connectivity index (χ3n) is 6.11. The number of nitrogens with one attached hydrogen (secondary N) is 2. The zero-order valence-corrected chi connectivity index (χ0v) is 19.1. The lowest BCUT2D eigenvalue weighted by atomic mass is 9.95. The van der Waals surface area contributed by atoms with Crippen molar-refractivity contribution >= 4 is 51.9 Å². The molecule has 32 heavy (non-hydrogen) atoms. The number of hydrogen-bond acceptors (Lipinski definition) is 6. The van der Waals surface area contributed by atoms with Crippen LogP contribution in [0.2, 0.25) is 10.0 Å². The van der Waals surface area contributed by atoms with Crippen LogP contribution in [-0.4, -0.2) is 38.8 Å². The van der Waals surface area contributed by atoms with Gasteiger partial charge in [0.25, 0.3) is 0 Å². The normalized spacial score (nSPS) is 19.9. The molecule has 1 atom stereocenters. The van der Waals surface area contributed by atoms with E-state index in [1.807, 2.05) is 0 Å². The molecule has 7 nitrogen and oxygen atoms in total. The van der Waals surface area contributed by atoms with Crippen LogP contribution in [0.15, 0.2) is 18.3 Å². The molecule has 2 aromatic heterocycles. The van der Waals surface area contributed by atoms with Crippen LogP contribution >= 0.6 is 23.2 Å². The van der Waals surface area contributed by atoms with Crippen molar-refractivity contribution in [2.75, 3.05) is 23.8 Å². The molecular weight excluding hydrogens is 454 g/mol. The highest BCUT2D eigenvalue weighted by molar-refractivity contribution is 6.36. The summed E-state index contributed by atoms with van der Waals surface area (Å²) in [5.74, 6) is 0.519. The van der Waals surface area contributed by atoms with Gasteiger partial charge in [0.2, 0.25) is 11.9 Å². The second-order valence-corrected chi connectivity index (χ2v) is 9.27. The Labute approximate surface area is 195 Å². The van der Waals surface area contributed by atoms with Crippen LogP contribution in [-0.2, 0) is 4.74 Å². The number of benzene rings is 1. The van der Waals surface area contributed by atoms with E-state index in [2.05, 4.69) is 20.2 Å². The average Bonchev–Trinajstić information content (AvgIpc) is 3.15. The van der Waals surface area contributed by atoms with Gasteiger partial charge >= 0.3 is 0 Å².